The first-order valence-electron chi connectivity index (χ1n) is 10.9. The summed E-state index contributed by atoms with van der Waals surface area (Å²) in [5.41, 5.74) is 7.70. The Hall–Kier alpha value is -4.16. The van der Waals surface area contributed by atoms with E-state index in [1.54, 1.807) is 38.6 Å². The summed E-state index contributed by atoms with van der Waals surface area (Å²) >= 11 is 0. The molecule has 0 saturated carbocycles. The van der Waals surface area contributed by atoms with Gasteiger partial charge in [0, 0.05) is 26.0 Å². The second-order valence-corrected chi connectivity index (χ2v) is 7.49. The number of nitrogen functional groups attached to an aromatic ring is 1. The molecule has 10 nitrogen and oxygen atoms in total. The summed E-state index contributed by atoms with van der Waals surface area (Å²) in [5, 5.41) is 11.4. The van der Waals surface area contributed by atoms with Crippen molar-refractivity contribution in [1.29, 1.82) is 0 Å². The number of nitrogens with two attached hydrogens (primary N) is 1. The van der Waals surface area contributed by atoms with Gasteiger partial charge < -0.3 is 24.7 Å². The van der Waals surface area contributed by atoms with Crippen LogP contribution in [0.2, 0.25) is 0 Å². The van der Waals surface area contributed by atoms with E-state index >= 15 is 0 Å². The van der Waals surface area contributed by atoms with Crippen molar-refractivity contribution in [2.45, 2.75) is 0 Å². The lowest BCUT2D eigenvalue weighted by Gasteiger charge is -2.15. The van der Waals surface area contributed by atoms with Crippen molar-refractivity contribution in [2.75, 3.05) is 46.4 Å². The molecule has 0 saturated heterocycles. The number of pyridine rings is 1. The maximum atomic E-state index is 14.4. The summed E-state index contributed by atoms with van der Waals surface area (Å²) < 4.78 is 51.1. The fourth-order valence-electron chi connectivity index (χ4n) is 3.38. The molecule has 2 N–H and O–H groups in total. The first-order chi connectivity index (χ1) is 17.5. The molecule has 0 unspecified atom stereocenters. The second-order valence-electron chi connectivity index (χ2n) is 7.49. The van der Waals surface area contributed by atoms with Gasteiger partial charge in [0.1, 0.15) is 24.7 Å². The number of ether oxygens (including phenoxy) is 4. The van der Waals surface area contributed by atoms with E-state index < -0.39 is 11.6 Å². The van der Waals surface area contributed by atoms with Gasteiger partial charge in [0.25, 0.3) is 0 Å². The van der Waals surface area contributed by atoms with Crippen molar-refractivity contribution in [3.8, 4) is 39.7 Å². The summed E-state index contributed by atoms with van der Waals surface area (Å²) in [5.74, 6) is -0.852. The molecular weight excluding hydrogens is 474 g/mol. The van der Waals surface area contributed by atoms with E-state index in [0.717, 1.165) is 16.3 Å². The number of nitrogens with zero attached hydrogens (tertiary/aromatic N) is 5. The molecule has 2 aromatic carbocycles. The minimum atomic E-state index is -1.09. The highest BCUT2D eigenvalue weighted by Crippen LogP contribution is 2.35. The van der Waals surface area contributed by atoms with E-state index in [1.165, 1.54) is 12.1 Å². The molecule has 2 heterocycles. The van der Waals surface area contributed by atoms with E-state index in [2.05, 4.69) is 20.5 Å². The van der Waals surface area contributed by atoms with Crippen molar-refractivity contribution in [1.82, 2.24) is 25.2 Å². The zero-order chi connectivity index (χ0) is 25.5. The quantitative estimate of drug-likeness (QED) is 0.311. The number of benzene rings is 2. The molecule has 0 bridgehead atoms. The Morgan fingerprint density at radius 3 is 2.39 bits per heavy atom. The molecule has 0 fully saturated rings. The summed E-state index contributed by atoms with van der Waals surface area (Å²) in [6, 6.07) is 10.8. The van der Waals surface area contributed by atoms with Gasteiger partial charge in [0.05, 0.1) is 18.8 Å². The molecule has 0 aliphatic carbocycles. The molecule has 36 heavy (non-hydrogen) atoms. The molecule has 0 aliphatic heterocycles. The summed E-state index contributed by atoms with van der Waals surface area (Å²) in [7, 11) is 3.17. The van der Waals surface area contributed by atoms with Gasteiger partial charge in [-0.2, -0.15) is 4.68 Å². The van der Waals surface area contributed by atoms with Gasteiger partial charge >= 0.3 is 0 Å². The molecule has 4 rings (SSSR count). The lowest BCUT2D eigenvalue weighted by atomic mass is 10.0. The average molecular weight is 498 g/mol. The third-order valence-electron chi connectivity index (χ3n) is 5.16. The molecule has 0 atom stereocenters. The van der Waals surface area contributed by atoms with Crippen molar-refractivity contribution in [2.24, 2.45) is 0 Å². The molecule has 188 valence electrons. The number of methoxy groups -OCH3 is 2. The Morgan fingerprint density at radius 2 is 1.64 bits per heavy atom. The lowest BCUT2D eigenvalue weighted by molar-refractivity contribution is 0.132. The van der Waals surface area contributed by atoms with Crippen LogP contribution in [0.4, 0.5) is 14.6 Å². The smallest absolute Gasteiger partial charge is 0.190 e. The maximum Gasteiger partial charge on any atom is 0.190 e. The monoisotopic (exact) mass is 498 g/mol. The van der Waals surface area contributed by atoms with Crippen LogP contribution >= 0.6 is 0 Å². The number of hydrogen-bond acceptors (Lipinski definition) is 9. The molecule has 12 heteroatoms. The van der Waals surface area contributed by atoms with E-state index in [4.69, 9.17) is 24.7 Å². The standard InChI is InChI=1S/C24H24F2N6O4/c1-33-8-10-35-20-7-6-15(13-21(20)36-11-9-34-2)16-12-17(23(27)28-14-16)24-29-30-31-32(24)19-5-3-4-18(25)22(19)26/h3-7,12-14H,8-11H2,1-2H3,(H2,27,28). The van der Waals surface area contributed by atoms with Gasteiger partial charge in [-0.05, 0) is 46.3 Å². The number of anilines is 1. The Balaban J connectivity index is 1.72. The van der Waals surface area contributed by atoms with Gasteiger partial charge in [0.15, 0.2) is 29.0 Å². The predicted molar refractivity (Wildman–Crippen MR) is 127 cm³/mol. The van der Waals surface area contributed by atoms with Crippen LogP contribution in [0.25, 0.3) is 28.2 Å². The second kappa shape index (κ2) is 11.5. The SMILES string of the molecule is COCCOc1ccc(-c2cnc(N)c(-c3nnnn3-c3cccc(F)c3F)c2)cc1OCCOC. The van der Waals surface area contributed by atoms with Crippen molar-refractivity contribution in [3.05, 3.63) is 60.3 Å². The Bertz CT molecular complexity index is 1330. The van der Waals surface area contributed by atoms with E-state index in [1.807, 2.05) is 6.07 Å². The number of tetrazole rings is 1. The zero-order valence-electron chi connectivity index (χ0n) is 19.6. The van der Waals surface area contributed by atoms with Crippen molar-refractivity contribution >= 4 is 5.82 Å². The van der Waals surface area contributed by atoms with E-state index in [0.29, 0.717) is 49.1 Å². The number of aromatic nitrogens is 5. The highest BCUT2D eigenvalue weighted by Gasteiger charge is 2.20. The first-order valence-corrected chi connectivity index (χ1v) is 10.9. The van der Waals surface area contributed by atoms with Crippen LogP contribution in [0, 0.1) is 11.6 Å². The van der Waals surface area contributed by atoms with Crippen LogP contribution in [0.5, 0.6) is 11.5 Å². The summed E-state index contributed by atoms with van der Waals surface area (Å²) in [6.07, 6.45) is 1.58. The highest BCUT2D eigenvalue weighted by atomic mass is 19.2. The predicted octanol–water partition coefficient (Wildman–Crippen LogP) is 3.30. The minimum Gasteiger partial charge on any atom is -0.487 e. The number of hydrogen-bond donors (Lipinski definition) is 1. The van der Waals surface area contributed by atoms with Crippen LogP contribution in [0.3, 0.4) is 0 Å². The van der Waals surface area contributed by atoms with Crippen LogP contribution < -0.4 is 15.2 Å². The largest absolute Gasteiger partial charge is 0.487 e. The molecular formula is C24H24F2N6O4. The molecule has 4 aromatic rings. The lowest BCUT2D eigenvalue weighted by Crippen LogP contribution is -2.08. The van der Waals surface area contributed by atoms with Gasteiger partial charge in [-0.25, -0.2) is 13.8 Å². The molecule has 0 spiro atoms. The topological polar surface area (TPSA) is 119 Å². The van der Waals surface area contributed by atoms with Crippen molar-refractivity contribution < 1.29 is 27.7 Å². The third kappa shape index (κ3) is 5.39. The van der Waals surface area contributed by atoms with Crippen LogP contribution in [0.15, 0.2) is 48.7 Å². The third-order valence-corrected chi connectivity index (χ3v) is 5.16. The van der Waals surface area contributed by atoms with Crippen LogP contribution in [-0.2, 0) is 9.47 Å². The van der Waals surface area contributed by atoms with Gasteiger partial charge in [-0.15, -0.1) is 5.10 Å². The van der Waals surface area contributed by atoms with Gasteiger partial charge in [-0.3, -0.25) is 0 Å². The fraction of sp³-hybridized carbons (Fsp3) is 0.250. The normalized spacial score (nSPS) is 11.0. The average Bonchev–Trinajstić information content (AvgIpc) is 3.36. The molecule has 2 aromatic heterocycles. The maximum absolute atomic E-state index is 14.4. The van der Waals surface area contributed by atoms with Crippen LogP contribution in [-0.4, -0.2) is 65.8 Å². The molecule has 0 radical (unpaired) electrons. The summed E-state index contributed by atoms with van der Waals surface area (Å²) in [4.78, 5) is 4.27. The number of rotatable bonds is 11. The van der Waals surface area contributed by atoms with Gasteiger partial charge in [0.2, 0.25) is 0 Å². The molecule has 0 amide bonds. The van der Waals surface area contributed by atoms with E-state index in [-0.39, 0.29) is 17.3 Å². The first kappa shape index (κ1) is 24.9. The minimum absolute atomic E-state index is 0.0995. The van der Waals surface area contributed by atoms with Crippen molar-refractivity contribution in [3.63, 3.8) is 0 Å². The Morgan fingerprint density at radius 1 is 0.889 bits per heavy atom. The Kier molecular flexibility index (Phi) is 7.98. The highest BCUT2D eigenvalue weighted by molar-refractivity contribution is 5.77. The number of halogens is 2. The molecule has 0 aliphatic rings. The fourth-order valence-corrected chi connectivity index (χ4v) is 3.38. The Labute approximate surface area is 205 Å². The summed E-state index contributed by atoms with van der Waals surface area (Å²) in [6.45, 7) is 1.49. The van der Waals surface area contributed by atoms with E-state index in [9.17, 15) is 8.78 Å². The van der Waals surface area contributed by atoms with Gasteiger partial charge in [-0.1, -0.05) is 12.1 Å². The van der Waals surface area contributed by atoms with Crippen LogP contribution in [0.1, 0.15) is 0 Å². The zero-order valence-corrected chi connectivity index (χ0v) is 19.6.